The van der Waals surface area contributed by atoms with E-state index in [0.29, 0.717) is 13.0 Å². The molecule has 0 aromatic heterocycles. The summed E-state index contributed by atoms with van der Waals surface area (Å²) in [5.74, 6) is -0.920. The summed E-state index contributed by atoms with van der Waals surface area (Å²) in [7, 11) is 1.79. The van der Waals surface area contributed by atoms with Crippen molar-refractivity contribution in [3.8, 4) is 0 Å². The summed E-state index contributed by atoms with van der Waals surface area (Å²) in [5.41, 5.74) is 2.07. The molecule has 1 aliphatic rings. The second kappa shape index (κ2) is 8.15. The highest BCUT2D eigenvalue weighted by Gasteiger charge is 2.33. The molecule has 0 radical (unpaired) electrons. The van der Waals surface area contributed by atoms with Crippen LogP contribution in [0.1, 0.15) is 30.0 Å². The number of carboxylic acid groups (broad SMARTS) is 1. The second-order valence-electron chi connectivity index (χ2n) is 6.70. The predicted molar refractivity (Wildman–Crippen MR) is 99.7 cm³/mol. The Labute approximate surface area is 153 Å². The number of hydrogen-bond donors (Lipinski definition) is 1. The van der Waals surface area contributed by atoms with E-state index in [1.54, 1.807) is 16.8 Å². The number of likely N-dealkylation sites (tertiary alicyclic amines) is 1. The molecule has 2 aromatic rings. The zero-order chi connectivity index (χ0) is 18.5. The molecule has 1 N–H and O–H groups in total. The van der Waals surface area contributed by atoms with Crippen molar-refractivity contribution in [2.45, 2.75) is 24.9 Å². The van der Waals surface area contributed by atoms with E-state index in [-0.39, 0.29) is 18.5 Å². The summed E-state index contributed by atoms with van der Waals surface area (Å²) in [5, 5.41) is 9.33. The molecule has 1 saturated heterocycles. The average Bonchev–Trinajstić information content (AvgIpc) is 3.12. The van der Waals surface area contributed by atoms with E-state index in [2.05, 4.69) is 0 Å². The van der Waals surface area contributed by atoms with Crippen LogP contribution >= 0.6 is 0 Å². The third kappa shape index (κ3) is 3.94. The third-order valence-electron chi connectivity index (χ3n) is 5.00. The van der Waals surface area contributed by atoms with Crippen molar-refractivity contribution in [3.05, 3.63) is 71.8 Å². The van der Waals surface area contributed by atoms with Crippen LogP contribution in [0.25, 0.3) is 0 Å². The molecule has 1 aliphatic heterocycles. The van der Waals surface area contributed by atoms with Crippen molar-refractivity contribution >= 4 is 11.9 Å². The Morgan fingerprint density at radius 1 is 1.08 bits per heavy atom. The van der Waals surface area contributed by atoms with E-state index in [4.69, 9.17) is 0 Å². The smallest absolute Gasteiger partial charge is 0.320 e. The summed E-state index contributed by atoms with van der Waals surface area (Å²) in [6, 6.07) is 19.0. The van der Waals surface area contributed by atoms with Gasteiger partial charge < -0.3 is 10.0 Å². The molecule has 1 amide bonds. The number of hydrogen-bond acceptors (Lipinski definition) is 3. The van der Waals surface area contributed by atoms with Crippen LogP contribution in [0.4, 0.5) is 0 Å². The zero-order valence-corrected chi connectivity index (χ0v) is 14.9. The minimum absolute atomic E-state index is 0.0733. The first kappa shape index (κ1) is 18.1. The topological polar surface area (TPSA) is 60.9 Å². The van der Waals surface area contributed by atoms with Gasteiger partial charge in [0.15, 0.2) is 0 Å². The highest BCUT2D eigenvalue weighted by Crippen LogP contribution is 2.28. The fraction of sp³-hybridized carbons (Fsp3) is 0.333. The third-order valence-corrected chi connectivity index (χ3v) is 5.00. The van der Waals surface area contributed by atoms with E-state index in [1.165, 1.54) is 0 Å². The maximum atomic E-state index is 12.9. The fourth-order valence-corrected chi connectivity index (χ4v) is 3.63. The van der Waals surface area contributed by atoms with E-state index < -0.39 is 12.0 Å². The molecule has 1 heterocycles. The first-order valence-corrected chi connectivity index (χ1v) is 8.90. The number of aliphatic carboxylic acids is 1. The van der Waals surface area contributed by atoms with Crippen LogP contribution in [-0.4, -0.2) is 53.0 Å². The minimum Gasteiger partial charge on any atom is -0.480 e. The molecule has 0 bridgehead atoms. The van der Waals surface area contributed by atoms with Crippen molar-refractivity contribution in [3.63, 3.8) is 0 Å². The summed E-state index contributed by atoms with van der Waals surface area (Å²) >= 11 is 0. The maximum absolute atomic E-state index is 12.9. The van der Waals surface area contributed by atoms with Crippen LogP contribution < -0.4 is 0 Å². The Balaban J connectivity index is 1.82. The van der Waals surface area contributed by atoms with Crippen LogP contribution in [0.5, 0.6) is 0 Å². The number of carbonyl (C=O) groups is 2. The molecule has 5 nitrogen and oxygen atoms in total. The monoisotopic (exact) mass is 352 g/mol. The number of carboxylic acids is 1. The van der Waals surface area contributed by atoms with Gasteiger partial charge in [-0.3, -0.25) is 14.5 Å². The molecule has 3 rings (SSSR count). The lowest BCUT2D eigenvalue weighted by Crippen LogP contribution is -2.44. The van der Waals surface area contributed by atoms with Crippen LogP contribution in [0.3, 0.4) is 0 Å². The fourth-order valence-electron chi connectivity index (χ4n) is 3.63. The Bertz CT molecular complexity index is 709. The summed E-state index contributed by atoms with van der Waals surface area (Å²) in [6.45, 7) is 0.779. The summed E-state index contributed by atoms with van der Waals surface area (Å²) < 4.78 is 0. The lowest BCUT2D eigenvalue weighted by atomic mass is 9.97. The average molecular weight is 352 g/mol. The predicted octanol–water partition coefficient (Wildman–Crippen LogP) is 2.78. The van der Waals surface area contributed by atoms with E-state index in [9.17, 15) is 14.7 Å². The second-order valence-corrected chi connectivity index (χ2v) is 6.70. The minimum atomic E-state index is -0.847. The molecule has 136 valence electrons. The van der Waals surface area contributed by atoms with Crippen molar-refractivity contribution < 1.29 is 14.7 Å². The van der Waals surface area contributed by atoms with Crippen molar-refractivity contribution in [1.82, 2.24) is 9.80 Å². The van der Waals surface area contributed by atoms with Crippen molar-refractivity contribution in [1.29, 1.82) is 0 Å². The zero-order valence-electron chi connectivity index (χ0n) is 14.9. The van der Waals surface area contributed by atoms with Crippen molar-refractivity contribution in [2.75, 3.05) is 20.1 Å². The Kier molecular flexibility index (Phi) is 5.68. The number of amides is 1. The van der Waals surface area contributed by atoms with Gasteiger partial charge in [-0.2, -0.15) is 0 Å². The van der Waals surface area contributed by atoms with Gasteiger partial charge in [0, 0.05) is 7.05 Å². The van der Waals surface area contributed by atoms with Crippen LogP contribution in [0, 0.1) is 0 Å². The largest absolute Gasteiger partial charge is 0.480 e. The van der Waals surface area contributed by atoms with Gasteiger partial charge in [0.05, 0.1) is 12.6 Å². The Hall–Kier alpha value is -2.66. The van der Waals surface area contributed by atoms with Gasteiger partial charge in [-0.05, 0) is 30.5 Å². The van der Waals surface area contributed by atoms with Crippen molar-refractivity contribution in [2.24, 2.45) is 0 Å². The molecular formula is C21H24N2O3. The van der Waals surface area contributed by atoms with Gasteiger partial charge in [0.2, 0.25) is 5.91 Å². The number of carbonyl (C=O) groups excluding carboxylic acids is 1. The SMILES string of the molecule is CN(C(=O)CN1CCC[C@@H]1C(=O)O)C(c1ccccc1)c1ccccc1. The molecular weight excluding hydrogens is 328 g/mol. The maximum Gasteiger partial charge on any atom is 0.320 e. The number of nitrogens with zero attached hydrogens (tertiary/aromatic N) is 2. The summed E-state index contributed by atoms with van der Waals surface area (Å²) in [6.07, 6.45) is 1.42. The standard InChI is InChI=1S/C21H24N2O3/c1-22(19(24)15-23-14-8-13-18(23)21(25)26)20(16-9-4-2-5-10-16)17-11-6-3-7-12-17/h2-7,9-12,18,20H,8,13-15H2,1H3,(H,25,26)/t18-/m1/s1. The van der Waals surface area contributed by atoms with Gasteiger partial charge in [0.1, 0.15) is 6.04 Å². The molecule has 0 unspecified atom stereocenters. The van der Waals surface area contributed by atoms with E-state index in [0.717, 1.165) is 17.5 Å². The molecule has 1 atom stereocenters. The molecule has 26 heavy (non-hydrogen) atoms. The summed E-state index contributed by atoms with van der Waals surface area (Å²) in [4.78, 5) is 27.8. The lowest BCUT2D eigenvalue weighted by molar-refractivity contribution is -0.143. The van der Waals surface area contributed by atoms with Gasteiger partial charge >= 0.3 is 5.97 Å². The first-order chi connectivity index (χ1) is 12.6. The Morgan fingerprint density at radius 2 is 1.62 bits per heavy atom. The van der Waals surface area contributed by atoms with Gasteiger partial charge in [-0.25, -0.2) is 0 Å². The molecule has 0 spiro atoms. The number of rotatable bonds is 6. The van der Waals surface area contributed by atoms with Crippen LogP contribution in [0.2, 0.25) is 0 Å². The van der Waals surface area contributed by atoms with Crippen LogP contribution in [0.15, 0.2) is 60.7 Å². The molecule has 0 aliphatic carbocycles. The molecule has 0 saturated carbocycles. The first-order valence-electron chi connectivity index (χ1n) is 8.90. The van der Waals surface area contributed by atoms with Gasteiger partial charge in [-0.1, -0.05) is 60.7 Å². The molecule has 2 aromatic carbocycles. The molecule has 1 fully saturated rings. The van der Waals surface area contributed by atoms with Gasteiger partial charge in [-0.15, -0.1) is 0 Å². The van der Waals surface area contributed by atoms with E-state index in [1.807, 2.05) is 60.7 Å². The highest BCUT2D eigenvalue weighted by molar-refractivity contribution is 5.81. The van der Waals surface area contributed by atoms with Gasteiger partial charge in [0.25, 0.3) is 0 Å². The molecule has 5 heteroatoms. The lowest BCUT2D eigenvalue weighted by Gasteiger charge is -2.31. The number of benzene rings is 2. The number of likely N-dealkylation sites (N-methyl/N-ethyl adjacent to an activating group) is 1. The quantitative estimate of drug-likeness (QED) is 0.868. The van der Waals surface area contributed by atoms with Crippen LogP contribution in [-0.2, 0) is 9.59 Å². The Morgan fingerprint density at radius 3 is 2.12 bits per heavy atom. The highest BCUT2D eigenvalue weighted by atomic mass is 16.4. The normalized spacial score (nSPS) is 17.4. The van der Waals surface area contributed by atoms with E-state index >= 15 is 0 Å².